The van der Waals surface area contributed by atoms with E-state index in [4.69, 9.17) is 14.6 Å². The maximum Gasteiger partial charge on any atom is 0.391 e. The van der Waals surface area contributed by atoms with Crippen LogP contribution in [0.2, 0.25) is 0 Å². The maximum atomic E-state index is 11.9. The van der Waals surface area contributed by atoms with Crippen LogP contribution in [0.3, 0.4) is 0 Å². The highest BCUT2D eigenvalue weighted by molar-refractivity contribution is 5.39. The van der Waals surface area contributed by atoms with Crippen molar-refractivity contribution in [1.82, 2.24) is 0 Å². The van der Waals surface area contributed by atoms with Crippen molar-refractivity contribution in [3.63, 3.8) is 0 Å². The zero-order valence-corrected chi connectivity index (χ0v) is 11.4. The van der Waals surface area contributed by atoms with Crippen molar-refractivity contribution in [3.05, 3.63) is 29.8 Å². The van der Waals surface area contributed by atoms with Crippen LogP contribution >= 0.6 is 0 Å². The molecule has 21 heavy (non-hydrogen) atoms. The van der Waals surface area contributed by atoms with Gasteiger partial charge in [0.25, 0.3) is 0 Å². The Morgan fingerprint density at radius 2 is 1.95 bits per heavy atom. The van der Waals surface area contributed by atoms with Gasteiger partial charge in [-0.05, 0) is 18.2 Å². The van der Waals surface area contributed by atoms with E-state index >= 15 is 0 Å². The van der Waals surface area contributed by atoms with E-state index in [0.29, 0.717) is 12.2 Å². The second-order valence-electron chi connectivity index (χ2n) is 4.13. The van der Waals surface area contributed by atoms with Gasteiger partial charge in [0, 0.05) is 12.0 Å². The highest BCUT2D eigenvalue weighted by atomic mass is 19.4. The molecular weight excluding hydrogens is 285 g/mol. The molecule has 0 bridgehead atoms. The van der Waals surface area contributed by atoms with Crippen LogP contribution in [-0.2, 0) is 4.74 Å². The summed E-state index contributed by atoms with van der Waals surface area (Å²) in [5.74, 6) is 6.23. The lowest BCUT2D eigenvalue weighted by molar-refractivity contribution is -0.145. The molecule has 0 amide bonds. The van der Waals surface area contributed by atoms with Crippen molar-refractivity contribution in [2.45, 2.75) is 19.0 Å². The smallest absolute Gasteiger partial charge is 0.391 e. The fourth-order valence-electron chi connectivity index (χ4n) is 1.39. The molecule has 0 radical (unpaired) electrons. The number of ether oxygens (including phenoxy) is 2. The highest BCUT2D eigenvalue weighted by Crippen LogP contribution is 2.19. The van der Waals surface area contributed by atoms with Gasteiger partial charge in [0.05, 0.1) is 26.2 Å². The summed E-state index contributed by atoms with van der Waals surface area (Å²) in [7, 11) is 0. The molecule has 3 nitrogen and oxygen atoms in total. The van der Waals surface area contributed by atoms with E-state index in [2.05, 4.69) is 11.8 Å². The second-order valence-corrected chi connectivity index (χ2v) is 4.13. The third-order valence-corrected chi connectivity index (χ3v) is 2.33. The standard InChI is InChI=1S/C15H17F3O3/c16-15(17,18)7-9-20-10-11-21-14-6-3-5-13(12-14)4-1-2-8-19/h3,5-6,12,19H,2,7-11H2. The van der Waals surface area contributed by atoms with Gasteiger partial charge in [-0.3, -0.25) is 0 Å². The Kier molecular flexibility index (Phi) is 7.65. The number of benzene rings is 1. The molecule has 0 fully saturated rings. The number of rotatable bonds is 7. The molecule has 1 rings (SSSR count). The normalized spacial score (nSPS) is 10.9. The summed E-state index contributed by atoms with van der Waals surface area (Å²) in [6, 6.07) is 7.02. The predicted octanol–water partition coefficient (Wildman–Crippen LogP) is 2.77. The van der Waals surface area contributed by atoms with Crippen LogP contribution < -0.4 is 4.74 Å². The highest BCUT2D eigenvalue weighted by Gasteiger charge is 2.26. The van der Waals surface area contributed by atoms with Gasteiger partial charge in [0.1, 0.15) is 12.4 Å². The third-order valence-electron chi connectivity index (χ3n) is 2.33. The molecule has 0 unspecified atom stereocenters. The van der Waals surface area contributed by atoms with Gasteiger partial charge in [0.2, 0.25) is 0 Å². The number of halogens is 3. The largest absolute Gasteiger partial charge is 0.491 e. The van der Waals surface area contributed by atoms with Gasteiger partial charge in [-0.15, -0.1) is 0 Å². The molecular formula is C15H17F3O3. The van der Waals surface area contributed by atoms with Crippen LogP contribution in [0.1, 0.15) is 18.4 Å². The van der Waals surface area contributed by atoms with Gasteiger partial charge >= 0.3 is 6.18 Å². The Labute approximate surface area is 121 Å². The van der Waals surface area contributed by atoms with Crippen molar-refractivity contribution in [2.24, 2.45) is 0 Å². The monoisotopic (exact) mass is 302 g/mol. The van der Waals surface area contributed by atoms with Crippen molar-refractivity contribution in [2.75, 3.05) is 26.4 Å². The molecule has 0 spiro atoms. The molecule has 0 saturated carbocycles. The summed E-state index contributed by atoms with van der Waals surface area (Å²) < 4.78 is 45.8. The van der Waals surface area contributed by atoms with E-state index < -0.39 is 12.6 Å². The van der Waals surface area contributed by atoms with Crippen LogP contribution in [0.5, 0.6) is 5.75 Å². The first-order valence-corrected chi connectivity index (χ1v) is 6.48. The minimum Gasteiger partial charge on any atom is -0.491 e. The minimum absolute atomic E-state index is 0.0124. The molecule has 1 aromatic carbocycles. The van der Waals surface area contributed by atoms with Crippen LogP contribution in [0.15, 0.2) is 24.3 Å². The number of hydrogen-bond acceptors (Lipinski definition) is 3. The SMILES string of the molecule is OCCC#Cc1cccc(OCCOCCC(F)(F)F)c1. The minimum atomic E-state index is -4.19. The molecule has 0 heterocycles. The van der Waals surface area contributed by atoms with Gasteiger partial charge in [-0.1, -0.05) is 17.9 Å². The number of aliphatic hydroxyl groups is 1. The molecule has 116 valence electrons. The molecule has 0 aliphatic rings. The Balaban J connectivity index is 2.26. The Morgan fingerprint density at radius 1 is 1.14 bits per heavy atom. The van der Waals surface area contributed by atoms with Crippen molar-refractivity contribution in [1.29, 1.82) is 0 Å². The fraction of sp³-hybridized carbons (Fsp3) is 0.467. The molecule has 6 heteroatoms. The number of alkyl halides is 3. The molecule has 1 aromatic rings. The summed E-state index contributed by atoms with van der Waals surface area (Å²) in [6.07, 6.45) is -4.75. The molecule has 0 aliphatic heterocycles. The van der Waals surface area contributed by atoms with Gasteiger partial charge in [-0.2, -0.15) is 13.2 Å². The van der Waals surface area contributed by atoms with E-state index in [1.807, 2.05) is 0 Å². The van der Waals surface area contributed by atoms with E-state index in [-0.39, 0.29) is 26.4 Å². The molecule has 0 atom stereocenters. The van der Waals surface area contributed by atoms with Gasteiger partial charge in [0.15, 0.2) is 0 Å². The molecule has 0 aromatic heterocycles. The zero-order valence-electron chi connectivity index (χ0n) is 11.4. The summed E-state index contributed by atoms with van der Waals surface area (Å²) in [4.78, 5) is 0. The zero-order chi connectivity index (χ0) is 15.6. The average molecular weight is 302 g/mol. The molecule has 1 N–H and O–H groups in total. The Bertz CT molecular complexity index is 475. The van der Waals surface area contributed by atoms with Crippen LogP contribution in [-0.4, -0.2) is 37.7 Å². The van der Waals surface area contributed by atoms with Crippen molar-refractivity contribution in [3.8, 4) is 17.6 Å². The second kappa shape index (κ2) is 9.27. The Hall–Kier alpha value is -1.71. The Morgan fingerprint density at radius 3 is 2.67 bits per heavy atom. The van der Waals surface area contributed by atoms with E-state index in [1.54, 1.807) is 24.3 Å². The number of aliphatic hydroxyl groups excluding tert-OH is 1. The van der Waals surface area contributed by atoms with Gasteiger partial charge in [-0.25, -0.2) is 0 Å². The maximum absolute atomic E-state index is 11.9. The average Bonchev–Trinajstić information content (AvgIpc) is 2.42. The van der Waals surface area contributed by atoms with Crippen LogP contribution in [0, 0.1) is 11.8 Å². The quantitative estimate of drug-likeness (QED) is 0.622. The topological polar surface area (TPSA) is 38.7 Å². The van der Waals surface area contributed by atoms with E-state index in [1.165, 1.54) is 0 Å². The van der Waals surface area contributed by atoms with Crippen molar-refractivity contribution < 1.29 is 27.8 Å². The lowest BCUT2D eigenvalue weighted by atomic mass is 10.2. The van der Waals surface area contributed by atoms with Crippen LogP contribution in [0.4, 0.5) is 13.2 Å². The molecule has 0 saturated heterocycles. The van der Waals surface area contributed by atoms with E-state index in [0.717, 1.165) is 5.56 Å². The van der Waals surface area contributed by atoms with Crippen molar-refractivity contribution >= 4 is 0 Å². The van der Waals surface area contributed by atoms with E-state index in [9.17, 15) is 13.2 Å². The predicted molar refractivity (Wildman–Crippen MR) is 72.0 cm³/mol. The first kappa shape index (κ1) is 17.3. The first-order valence-electron chi connectivity index (χ1n) is 6.48. The fourth-order valence-corrected chi connectivity index (χ4v) is 1.39. The summed E-state index contributed by atoms with van der Waals surface area (Å²) in [5.41, 5.74) is 0.749. The first-order chi connectivity index (χ1) is 10.0. The lowest BCUT2D eigenvalue weighted by Gasteiger charge is -2.08. The summed E-state index contributed by atoms with van der Waals surface area (Å²) >= 11 is 0. The third kappa shape index (κ3) is 8.95. The number of hydrogen-bond donors (Lipinski definition) is 1. The molecule has 0 aliphatic carbocycles. The summed E-state index contributed by atoms with van der Waals surface area (Å²) in [6.45, 7) is -0.0835. The lowest BCUT2D eigenvalue weighted by Crippen LogP contribution is -2.14. The van der Waals surface area contributed by atoms with Crippen LogP contribution in [0.25, 0.3) is 0 Å². The summed E-state index contributed by atoms with van der Waals surface area (Å²) in [5, 5.41) is 8.62. The van der Waals surface area contributed by atoms with Gasteiger partial charge < -0.3 is 14.6 Å².